The van der Waals surface area contributed by atoms with Crippen LogP contribution in [0.15, 0.2) is 30.3 Å². The first-order valence-electron chi connectivity index (χ1n) is 4.85. The van der Waals surface area contributed by atoms with Crippen molar-refractivity contribution in [3.05, 3.63) is 35.9 Å². The van der Waals surface area contributed by atoms with E-state index in [2.05, 4.69) is 10.6 Å². The van der Waals surface area contributed by atoms with Crippen LogP contribution in [0, 0.1) is 0 Å². The first-order valence-corrected chi connectivity index (χ1v) is 4.85. The highest BCUT2D eigenvalue weighted by atomic mass is 16.2. The van der Waals surface area contributed by atoms with Crippen LogP contribution >= 0.6 is 0 Å². The fourth-order valence-corrected chi connectivity index (χ4v) is 1.50. The van der Waals surface area contributed by atoms with Gasteiger partial charge in [-0.2, -0.15) is 0 Å². The van der Waals surface area contributed by atoms with Gasteiger partial charge in [-0.15, -0.1) is 0 Å². The van der Waals surface area contributed by atoms with E-state index >= 15 is 0 Å². The van der Waals surface area contributed by atoms with Crippen molar-refractivity contribution >= 4 is 17.6 Å². The molecule has 1 unspecified atom stereocenters. The summed E-state index contributed by atoms with van der Waals surface area (Å²) in [7, 11) is 0. The Morgan fingerprint density at radius 2 is 1.88 bits per heavy atom. The highest BCUT2D eigenvalue weighted by Gasteiger charge is 2.32. The summed E-state index contributed by atoms with van der Waals surface area (Å²) in [6.45, 7) is -0.0720. The Labute approximate surface area is 91.8 Å². The molecule has 1 heterocycles. The molecule has 2 N–H and O–H groups in total. The molecule has 1 aliphatic rings. The molecule has 5 heteroatoms. The van der Waals surface area contributed by atoms with Crippen molar-refractivity contribution < 1.29 is 14.4 Å². The van der Waals surface area contributed by atoms with Gasteiger partial charge in [0.2, 0.25) is 5.91 Å². The number of Topliss-reactive ketones (excluding diaryl/α,β-unsaturated/α-hetero) is 1. The third-order valence-corrected chi connectivity index (χ3v) is 2.31. The maximum absolute atomic E-state index is 11.9. The number of amides is 2. The van der Waals surface area contributed by atoms with Crippen LogP contribution in [0.4, 0.5) is 0 Å². The predicted molar refractivity (Wildman–Crippen MR) is 55.7 cm³/mol. The van der Waals surface area contributed by atoms with Crippen molar-refractivity contribution in [1.29, 1.82) is 0 Å². The number of hydrogen-bond donors (Lipinski definition) is 2. The van der Waals surface area contributed by atoms with E-state index in [1.54, 1.807) is 30.3 Å². The maximum Gasteiger partial charge on any atom is 0.251 e. The van der Waals surface area contributed by atoms with E-state index in [1.165, 1.54) is 0 Å². The largest absolute Gasteiger partial charge is 0.345 e. The van der Waals surface area contributed by atoms with Gasteiger partial charge in [0, 0.05) is 5.56 Å². The van der Waals surface area contributed by atoms with Crippen molar-refractivity contribution in [3.63, 3.8) is 0 Å². The standard InChI is InChI=1S/C11H10N2O3/c14-8-6-12-11(16)9(13-8)10(15)7-4-2-1-3-5-7/h1-5,9H,6H2,(H,12,16)(H,13,14). The number of rotatable bonds is 2. The molecule has 1 aromatic carbocycles. The van der Waals surface area contributed by atoms with Gasteiger partial charge in [0.15, 0.2) is 11.8 Å². The van der Waals surface area contributed by atoms with Crippen LogP contribution in [-0.2, 0) is 9.59 Å². The molecule has 1 aromatic rings. The van der Waals surface area contributed by atoms with Gasteiger partial charge in [-0.25, -0.2) is 0 Å². The van der Waals surface area contributed by atoms with Gasteiger partial charge >= 0.3 is 0 Å². The molecule has 16 heavy (non-hydrogen) atoms. The molecule has 2 rings (SSSR count). The quantitative estimate of drug-likeness (QED) is 0.518. The Morgan fingerprint density at radius 1 is 1.19 bits per heavy atom. The molecule has 0 radical (unpaired) electrons. The van der Waals surface area contributed by atoms with Crippen molar-refractivity contribution in [2.75, 3.05) is 6.54 Å². The third kappa shape index (κ3) is 1.93. The third-order valence-electron chi connectivity index (χ3n) is 2.31. The molecular formula is C11H10N2O3. The monoisotopic (exact) mass is 218 g/mol. The SMILES string of the molecule is O=C1CNC(=O)C(C(=O)c2ccccc2)N1. The Morgan fingerprint density at radius 3 is 2.56 bits per heavy atom. The summed E-state index contributed by atoms with van der Waals surface area (Å²) in [6, 6.07) is 7.29. The summed E-state index contributed by atoms with van der Waals surface area (Å²) in [6.07, 6.45) is 0. The number of carbonyl (C=O) groups excluding carboxylic acids is 3. The normalized spacial score (nSPS) is 19.9. The number of hydrogen-bond acceptors (Lipinski definition) is 3. The zero-order chi connectivity index (χ0) is 11.5. The minimum Gasteiger partial charge on any atom is -0.345 e. The molecule has 0 aliphatic carbocycles. The average molecular weight is 218 g/mol. The van der Waals surface area contributed by atoms with Crippen molar-refractivity contribution in [3.8, 4) is 0 Å². The topological polar surface area (TPSA) is 75.3 Å². The van der Waals surface area contributed by atoms with E-state index < -0.39 is 17.7 Å². The van der Waals surface area contributed by atoms with E-state index in [0.29, 0.717) is 5.56 Å². The van der Waals surface area contributed by atoms with Gasteiger partial charge in [-0.05, 0) is 0 Å². The predicted octanol–water partition coefficient (Wildman–Crippen LogP) is -0.516. The lowest BCUT2D eigenvalue weighted by Gasteiger charge is -2.21. The first kappa shape index (κ1) is 10.4. The first-order chi connectivity index (χ1) is 7.68. The zero-order valence-corrected chi connectivity index (χ0v) is 8.40. The summed E-state index contributed by atoms with van der Waals surface area (Å²) in [5.41, 5.74) is 0.407. The van der Waals surface area contributed by atoms with Gasteiger partial charge in [0.1, 0.15) is 0 Å². The Kier molecular flexibility index (Phi) is 2.68. The summed E-state index contributed by atoms with van der Waals surface area (Å²) in [5, 5.41) is 4.72. The Bertz CT molecular complexity index is 442. The van der Waals surface area contributed by atoms with Crippen LogP contribution in [0.25, 0.3) is 0 Å². The minimum absolute atomic E-state index is 0.0720. The molecule has 82 valence electrons. The van der Waals surface area contributed by atoms with Gasteiger partial charge in [0.25, 0.3) is 5.91 Å². The van der Waals surface area contributed by atoms with Gasteiger partial charge in [-0.3, -0.25) is 14.4 Å². The van der Waals surface area contributed by atoms with Gasteiger partial charge in [-0.1, -0.05) is 30.3 Å². The number of carbonyl (C=O) groups is 3. The minimum atomic E-state index is -1.11. The van der Waals surface area contributed by atoms with Crippen LogP contribution in [0.5, 0.6) is 0 Å². The molecule has 0 aromatic heterocycles. The Hall–Kier alpha value is -2.17. The smallest absolute Gasteiger partial charge is 0.251 e. The molecule has 1 aliphatic heterocycles. The Balaban J connectivity index is 2.21. The maximum atomic E-state index is 11.9. The molecule has 1 saturated heterocycles. The number of nitrogens with one attached hydrogen (secondary N) is 2. The molecule has 0 saturated carbocycles. The lowest BCUT2D eigenvalue weighted by molar-refractivity contribution is -0.132. The lowest BCUT2D eigenvalue weighted by atomic mass is 10.0. The fourth-order valence-electron chi connectivity index (χ4n) is 1.50. The van der Waals surface area contributed by atoms with Crippen molar-refractivity contribution in [2.45, 2.75) is 6.04 Å². The van der Waals surface area contributed by atoms with Crippen molar-refractivity contribution in [2.24, 2.45) is 0 Å². The summed E-state index contributed by atoms with van der Waals surface area (Å²) in [5.74, 6) is -1.21. The molecule has 2 amide bonds. The van der Waals surface area contributed by atoms with E-state index in [0.717, 1.165) is 0 Å². The second-order valence-corrected chi connectivity index (χ2v) is 3.45. The summed E-state index contributed by atoms with van der Waals surface area (Å²) < 4.78 is 0. The van der Waals surface area contributed by atoms with E-state index in [4.69, 9.17) is 0 Å². The molecule has 0 spiro atoms. The zero-order valence-electron chi connectivity index (χ0n) is 8.40. The number of benzene rings is 1. The summed E-state index contributed by atoms with van der Waals surface area (Å²) in [4.78, 5) is 34.4. The number of ketones is 1. The van der Waals surface area contributed by atoms with Gasteiger partial charge in [0.05, 0.1) is 6.54 Å². The fraction of sp³-hybridized carbons (Fsp3) is 0.182. The van der Waals surface area contributed by atoms with E-state index in [-0.39, 0.29) is 12.5 Å². The molecule has 0 bridgehead atoms. The molecular weight excluding hydrogens is 208 g/mol. The number of piperazine rings is 1. The average Bonchev–Trinajstić information content (AvgIpc) is 2.32. The van der Waals surface area contributed by atoms with Gasteiger partial charge < -0.3 is 10.6 Å². The van der Waals surface area contributed by atoms with Crippen LogP contribution in [-0.4, -0.2) is 30.2 Å². The van der Waals surface area contributed by atoms with Crippen molar-refractivity contribution in [1.82, 2.24) is 10.6 Å². The highest BCUT2D eigenvalue weighted by Crippen LogP contribution is 2.05. The molecule has 5 nitrogen and oxygen atoms in total. The lowest BCUT2D eigenvalue weighted by Crippen LogP contribution is -2.59. The summed E-state index contributed by atoms with van der Waals surface area (Å²) >= 11 is 0. The second kappa shape index (κ2) is 4.14. The second-order valence-electron chi connectivity index (χ2n) is 3.45. The van der Waals surface area contributed by atoms with E-state index in [9.17, 15) is 14.4 Å². The molecule has 1 atom stereocenters. The van der Waals surface area contributed by atoms with Crippen LogP contribution in [0.2, 0.25) is 0 Å². The van der Waals surface area contributed by atoms with E-state index in [1.807, 2.05) is 0 Å². The molecule has 1 fully saturated rings. The van der Waals surface area contributed by atoms with Crippen LogP contribution < -0.4 is 10.6 Å². The van der Waals surface area contributed by atoms with Crippen LogP contribution in [0.3, 0.4) is 0 Å². The van der Waals surface area contributed by atoms with Crippen LogP contribution in [0.1, 0.15) is 10.4 Å². The highest BCUT2D eigenvalue weighted by molar-refractivity contribution is 6.16.